The molecule has 1 N–H and O–H groups in total. The Labute approximate surface area is 58.7 Å². The van der Waals surface area contributed by atoms with Crippen LogP contribution in [0.25, 0.3) is 0 Å². The molecule has 1 unspecified atom stereocenters. The van der Waals surface area contributed by atoms with Crippen molar-refractivity contribution in [1.82, 2.24) is 0 Å². The van der Waals surface area contributed by atoms with E-state index < -0.39 is 16.4 Å². The van der Waals surface area contributed by atoms with Crippen molar-refractivity contribution in [3.8, 4) is 0 Å². The Morgan fingerprint density at radius 3 is 2.11 bits per heavy atom. The van der Waals surface area contributed by atoms with Crippen LogP contribution in [0.1, 0.15) is 20.3 Å². The monoisotopic (exact) mass is 150 g/mol. The molecule has 0 rings (SSSR count). The zero-order chi connectivity index (χ0) is 7.49. The summed E-state index contributed by atoms with van der Waals surface area (Å²) in [5.74, 6) is 0.587. The van der Waals surface area contributed by atoms with Crippen molar-refractivity contribution in [2.24, 2.45) is 0 Å². The topological polar surface area (TPSA) is 37.3 Å². The largest absolute Gasteiger partial charge is 0.390 e. The van der Waals surface area contributed by atoms with Gasteiger partial charge in [-0.15, -0.1) is 0 Å². The van der Waals surface area contributed by atoms with E-state index in [1.807, 2.05) is 0 Å². The standard InChI is InChI=1S/C6H14O2S/c1-6(2,7)4-5-9(3)8/h7H,4-5H2,1-3H3. The Morgan fingerprint density at radius 1 is 1.56 bits per heavy atom. The van der Waals surface area contributed by atoms with Crippen LogP contribution in [0.5, 0.6) is 0 Å². The summed E-state index contributed by atoms with van der Waals surface area (Å²) in [4.78, 5) is 0. The van der Waals surface area contributed by atoms with E-state index in [1.165, 1.54) is 0 Å². The van der Waals surface area contributed by atoms with E-state index in [0.29, 0.717) is 12.2 Å². The first-order chi connectivity index (χ1) is 3.92. The fourth-order valence-electron chi connectivity index (χ4n) is 0.393. The van der Waals surface area contributed by atoms with Gasteiger partial charge in [-0.25, -0.2) is 0 Å². The fraction of sp³-hybridized carbons (Fsp3) is 1.00. The van der Waals surface area contributed by atoms with Crippen molar-refractivity contribution < 1.29 is 9.32 Å². The molecule has 0 aromatic carbocycles. The predicted octanol–water partition coefficient (Wildman–Crippen LogP) is 0.526. The summed E-state index contributed by atoms with van der Waals surface area (Å²) in [6.45, 7) is 3.44. The van der Waals surface area contributed by atoms with E-state index in [4.69, 9.17) is 5.11 Å². The lowest BCUT2D eigenvalue weighted by Gasteiger charge is -2.14. The van der Waals surface area contributed by atoms with Crippen LogP contribution in [0.15, 0.2) is 0 Å². The average molecular weight is 150 g/mol. The molecule has 0 aromatic rings. The van der Waals surface area contributed by atoms with E-state index in [2.05, 4.69) is 0 Å². The maximum absolute atomic E-state index is 10.5. The Balaban J connectivity index is 3.39. The summed E-state index contributed by atoms with van der Waals surface area (Å²) >= 11 is 0. The Kier molecular flexibility index (Phi) is 3.36. The van der Waals surface area contributed by atoms with Crippen molar-refractivity contribution in [2.45, 2.75) is 25.9 Å². The quantitative estimate of drug-likeness (QED) is 0.637. The molecule has 0 aliphatic carbocycles. The zero-order valence-electron chi connectivity index (χ0n) is 6.18. The molecule has 0 aliphatic rings. The van der Waals surface area contributed by atoms with Crippen molar-refractivity contribution in [3.05, 3.63) is 0 Å². The van der Waals surface area contributed by atoms with Crippen LogP contribution in [0.2, 0.25) is 0 Å². The van der Waals surface area contributed by atoms with Gasteiger partial charge < -0.3 is 5.11 Å². The summed E-state index contributed by atoms with van der Waals surface area (Å²) in [6, 6.07) is 0. The lowest BCUT2D eigenvalue weighted by Crippen LogP contribution is -2.21. The van der Waals surface area contributed by atoms with E-state index in [1.54, 1.807) is 20.1 Å². The van der Waals surface area contributed by atoms with Crippen molar-refractivity contribution >= 4 is 10.8 Å². The molecule has 0 aliphatic heterocycles. The predicted molar refractivity (Wildman–Crippen MR) is 39.8 cm³/mol. The van der Waals surface area contributed by atoms with Crippen molar-refractivity contribution in [1.29, 1.82) is 0 Å². The molecule has 0 heterocycles. The van der Waals surface area contributed by atoms with Crippen LogP contribution >= 0.6 is 0 Å². The minimum Gasteiger partial charge on any atom is -0.390 e. The van der Waals surface area contributed by atoms with Gasteiger partial charge in [0.2, 0.25) is 0 Å². The van der Waals surface area contributed by atoms with Gasteiger partial charge in [-0.3, -0.25) is 4.21 Å². The third-order valence-corrected chi connectivity index (χ3v) is 1.78. The minimum atomic E-state index is -0.772. The summed E-state index contributed by atoms with van der Waals surface area (Å²) < 4.78 is 10.5. The number of hydrogen-bond donors (Lipinski definition) is 1. The normalized spacial score (nSPS) is 15.6. The first-order valence-corrected chi connectivity index (χ1v) is 4.67. The Bertz CT molecular complexity index is 104. The third kappa shape index (κ3) is 8.11. The van der Waals surface area contributed by atoms with Gasteiger partial charge in [-0.05, 0) is 20.3 Å². The van der Waals surface area contributed by atoms with E-state index in [-0.39, 0.29) is 0 Å². The summed E-state index contributed by atoms with van der Waals surface area (Å²) in [6.07, 6.45) is 2.25. The van der Waals surface area contributed by atoms with Gasteiger partial charge in [0.25, 0.3) is 0 Å². The summed E-state index contributed by atoms with van der Waals surface area (Å²) in [5, 5.41) is 9.13. The molecule has 0 saturated heterocycles. The Morgan fingerprint density at radius 2 is 2.00 bits per heavy atom. The van der Waals surface area contributed by atoms with Crippen molar-refractivity contribution in [3.63, 3.8) is 0 Å². The number of hydrogen-bond acceptors (Lipinski definition) is 2. The molecule has 0 bridgehead atoms. The molecule has 0 spiro atoms. The second-order valence-electron chi connectivity index (χ2n) is 2.84. The molecular weight excluding hydrogens is 136 g/mol. The van der Waals surface area contributed by atoms with Crippen LogP contribution in [-0.4, -0.2) is 26.9 Å². The first-order valence-electron chi connectivity index (χ1n) is 2.94. The van der Waals surface area contributed by atoms with Gasteiger partial charge in [-0.1, -0.05) is 0 Å². The molecule has 0 fully saturated rings. The SMILES string of the molecule is CS(=O)CCC(C)(C)O. The molecule has 3 heteroatoms. The molecular formula is C6H14O2S. The van der Waals surface area contributed by atoms with Crippen molar-refractivity contribution in [2.75, 3.05) is 12.0 Å². The number of aliphatic hydroxyl groups is 1. The molecule has 0 radical (unpaired) electrons. The maximum atomic E-state index is 10.5. The highest BCUT2D eigenvalue weighted by Gasteiger charge is 2.11. The van der Waals surface area contributed by atoms with Gasteiger partial charge >= 0.3 is 0 Å². The van der Waals surface area contributed by atoms with Crippen LogP contribution in [-0.2, 0) is 10.8 Å². The summed E-state index contributed by atoms with van der Waals surface area (Å²) in [7, 11) is -0.772. The third-order valence-electron chi connectivity index (χ3n) is 1.00. The molecule has 0 saturated carbocycles. The fourth-order valence-corrected chi connectivity index (χ4v) is 1.18. The lowest BCUT2D eigenvalue weighted by atomic mass is 10.1. The maximum Gasteiger partial charge on any atom is 0.0600 e. The smallest absolute Gasteiger partial charge is 0.0600 e. The average Bonchev–Trinajstić information content (AvgIpc) is 1.59. The van der Waals surface area contributed by atoms with Gasteiger partial charge in [0, 0.05) is 22.8 Å². The molecule has 9 heavy (non-hydrogen) atoms. The molecule has 2 nitrogen and oxygen atoms in total. The highest BCUT2D eigenvalue weighted by atomic mass is 32.2. The summed E-state index contributed by atoms with van der Waals surface area (Å²) in [5.41, 5.74) is -0.661. The zero-order valence-corrected chi connectivity index (χ0v) is 6.99. The van der Waals surface area contributed by atoms with Gasteiger partial charge in [0.15, 0.2) is 0 Å². The molecule has 1 atom stereocenters. The second kappa shape index (κ2) is 3.32. The second-order valence-corrected chi connectivity index (χ2v) is 4.39. The molecule has 0 aromatic heterocycles. The number of rotatable bonds is 3. The lowest BCUT2D eigenvalue weighted by molar-refractivity contribution is 0.0775. The van der Waals surface area contributed by atoms with E-state index in [9.17, 15) is 4.21 Å². The van der Waals surface area contributed by atoms with Crippen LogP contribution in [0.3, 0.4) is 0 Å². The van der Waals surface area contributed by atoms with Crippen LogP contribution in [0, 0.1) is 0 Å². The minimum absolute atomic E-state index is 0.587. The van der Waals surface area contributed by atoms with Crippen LogP contribution in [0.4, 0.5) is 0 Å². The highest BCUT2D eigenvalue weighted by molar-refractivity contribution is 7.84. The van der Waals surface area contributed by atoms with Gasteiger partial charge in [0.1, 0.15) is 0 Å². The van der Waals surface area contributed by atoms with Gasteiger partial charge in [-0.2, -0.15) is 0 Å². The van der Waals surface area contributed by atoms with Crippen LogP contribution < -0.4 is 0 Å². The van der Waals surface area contributed by atoms with E-state index in [0.717, 1.165) is 0 Å². The first kappa shape index (κ1) is 9.11. The Hall–Kier alpha value is 0.110. The molecule has 0 amide bonds. The highest BCUT2D eigenvalue weighted by Crippen LogP contribution is 2.06. The van der Waals surface area contributed by atoms with Gasteiger partial charge in [0.05, 0.1) is 5.60 Å². The molecule has 56 valence electrons. The van der Waals surface area contributed by atoms with E-state index >= 15 is 0 Å².